The Bertz CT molecular complexity index is 1270. The van der Waals surface area contributed by atoms with E-state index in [1.54, 1.807) is 0 Å². The van der Waals surface area contributed by atoms with Crippen LogP contribution in [0.1, 0.15) is 40.9 Å². The lowest BCUT2D eigenvalue weighted by Gasteiger charge is -2.35. The third-order valence-electron chi connectivity index (χ3n) is 6.56. The van der Waals surface area contributed by atoms with E-state index in [0.717, 1.165) is 33.8 Å². The summed E-state index contributed by atoms with van der Waals surface area (Å²) in [5.74, 6) is 0.714. The first-order chi connectivity index (χ1) is 17.1. The molecule has 0 saturated heterocycles. The maximum atomic E-state index is 13.3. The predicted octanol–water partition coefficient (Wildman–Crippen LogP) is 5.38. The molecule has 1 atom stereocenters. The van der Waals surface area contributed by atoms with Gasteiger partial charge >= 0.3 is 5.97 Å². The summed E-state index contributed by atoms with van der Waals surface area (Å²) in [5.41, 5.74) is 4.99. The van der Waals surface area contributed by atoms with E-state index in [1.165, 1.54) is 0 Å². The fraction of sp³-hybridized carbons (Fsp3) is 0.367. The zero-order valence-corrected chi connectivity index (χ0v) is 22.6. The standard InChI is InChI=1S/C30H37N3O3/c1-20(2)19-35-28-18-22(32(5)6)14-16-26(28)30(24-12-10-9-11-23(24)29(34)36-30)25-15-13-21(31(3)4)17-27(25)33(7)8/h9-18,20H,19H2,1-8H3. The zero-order chi connectivity index (χ0) is 26.2. The van der Waals surface area contributed by atoms with E-state index in [9.17, 15) is 4.79 Å². The summed E-state index contributed by atoms with van der Waals surface area (Å²) < 4.78 is 12.9. The first kappa shape index (κ1) is 25.4. The van der Waals surface area contributed by atoms with Crippen molar-refractivity contribution in [2.24, 2.45) is 5.92 Å². The summed E-state index contributed by atoms with van der Waals surface area (Å²) in [7, 11) is 12.1. The fourth-order valence-electron chi connectivity index (χ4n) is 4.68. The number of anilines is 3. The minimum atomic E-state index is -1.16. The summed E-state index contributed by atoms with van der Waals surface area (Å²) in [6.45, 7) is 4.80. The lowest BCUT2D eigenvalue weighted by Crippen LogP contribution is -2.33. The number of carbonyl (C=O) groups excluding carboxylic acids is 1. The van der Waals surface area contributed by atoms with Crippen molar-refractivity contribution >= 4 is 23.0 Å². The summed E-state index contributed by atoms with van der Waals surface area (Å²) in [6.07, 6.45) is 0. The number of rotatable bonds is 8. The molecule has 4 rings (SSSR count). The molecule has 1 heterocycles. The Morgan fingerprint density at radius 3 is 2.00 bits per heavy atom. The number of ether oxygens (including phenoxy) is 2. The SMILES string of the molecule is CC(C)COc1cc(N(C)C)ccc1C1(c2ccc(N(C)C)cc2N(C)C)OC(=O)c2ccccc21. The second-order valence-electron chi connectivity index (χ2n) is 10.4. The van der Waals surface area contributed by atoms with E-state index < -0.39 is 5.60 Å². The van der Waals surface area contributed by atoms with Crippen molar-refractivity contribution in [2.75, 3.05) is 63.6 Å². The molecule has 3 aromatic rings. The Hall–Kier alpha value is -3.67. The Balaban J connectivity index is 2.08. The lowest BCUT2D eigenvalue weighted by molar-refractivity contribution is 0.0244. The van der Waals surface area contributed by atoms with Crippen molar-refractivity contribution in [1.29, 1.82) is 0 Å². The summed E-state index contributed by atoms with van der Waals surface area (Å²) >= 11 is 0. The van der Waals surface area contributed by atoms with Crippen LogP contribution in [0.15, 0.2) is 60.7 Å². The molecule has 0 saturated carbocycles. The molecular formula is C30H37N3O3. The number of benzene rings is 3. The topological polar surface area (TPSA) is 45.2 Å². The van der Waals surface area contributed by atoms with Crippen molar-refractivity contribution < 1.29 is 14.3 Å². The molecule has 6 nitrogen and oxygen atoms in total. The van der Waals surface area contributed by atoms with Crippen molar-refractivity contribution in [1.82, 2.24) is 0 Å². The van der Waals surface area contributed by atoms with Crippen LogP contribution in [0.5, 0.6) is 5.75 Å². The van der Waals surface area contributed by atoms with Gasteiger partial charge in [-0.1, -0.05) is 38.1 Å². The summed E-state index contributed by atoms with van der Waals surface area (Å²) in [5, 5.41) is 0. The average Bonchev–Trinajstić information content (AvgIpc) is 3.15. The highest BCUT2D eigenvalue weighted by molar-refractivity contribution is 5.97. The molecule has 1 unspecified atom stereocenters. The second kappa shape index (κ2) is 9.76. The van der Waals surface area contributed by atoms with Gasteiger partial charge in [0.05, 0.1) is 12.2 Å². The molecule has 0 aliphatic carbocycles. The van der Waals surface area contributed by atoms with Gasteiger partial charge in [0, 0.05) is 82.1 Å². The quantitative estimate of drug-likeness (QED) is 0.398. The van der Waals surface area contributed by atoms with Crippen LogP contribution >= 0.6 is 0 Å². The van der Waals surface area contributed by atoms with E-state index >= 15 is 0 Å². The molecule has 0 aromatic heterocycles. The predicted molar refractivity (Wildman–Crippen MR) is 148 cm³/mol. The molecule has 36 heavy (non-hydrogen) atoms. The molecule has 190 valence electrons. The molecular weight excluding hydrogens is 450 g/mol. The number of nitrogens with zero attached hydrogens (tertiary/aromatic N) is 3. The average molecular weight is 488 g/mol. The molecule has 1 aliphatic heterocycles. The highest BCUT2D eigenvalue weighted by Crippen LogP contribution is 2.53. The second-order valence-corrected chi connectivity index (χ2v) is 10.4. The van der Waals surface area contributed by atoms with Crippen molar-refractivity contribution in [3.63, 3.8) is 0 Å². The zero-order valence-electron chi connectivity index (χ0n) is 22.6. The van der Waals surface area contributed by atoms with Gasteiger partial charge in [-0.25, -0.2) is 4.79 Å². The number of cyclic esters (lactones) is 1. The molecule has 0 amide bonds. The minimum Gasteiger partial charge on any atom is -0.493 e. The first-order valence-corrected chi connectivity index (χ1v) is 12.3. The normalized spacial score (nSPS) is 16.5. The van der Waals surface area contributed by atoms with Gasteiger partial charge in [-0.3, -0.25) is 0 Å². The molecule has 1 aliphatic rings. The third kappa shape index (κ3) is 4.36. The summed E-state index contributed by atoms with van der Waals surface area (Å²) in [4.78, 5) is 19.5. The third-order valence-corrected chi connectivity index (χ3v) is 6.56. The van der Waals surface area contributed by atoms with Gasteiger partial charge in [0.15, 0.2) is 5.60 Å². The van der Waals surface area contributed by atoms with E-state index in [-0.39, 0.29) is 5.97 Å². The smallest absolute Gasteiger partial charge is 0.340 e. The van der Waals surface area contributed by atoms with Crippen molar-refractivity contribution in [3.8, 4) is 5.75 Å². The van der Waals surface area contributed by atoms with E-state index in [4.69, 9.17) is 9.47 Å². The van der Waals surface area contributed by atoms with Crippen LogP contribution in [0.4, 0.5) is 17.1 Å². The minimum absolute atomic E-state index is 0.335. The van der Waals surface area contributed by atoms with Crippen molar-refractivity contribution in [3.05, 3.63) is 82.9 Å². The molecule has 0 fully saturated rings. The van der Waals surface area contributed by atoms with E-state index in [2.05, 4.69) is 47.9 Å². The summed E-state index contributed by atoms with van der Waals surface area (Å²) in [6, 6.07) is 20.1. The molecule has 0 N–H and O–H groups in total. The monoisotopic (exact) mass is 487 g/mol. The van der Waals surface area contributed by atoms with Gasteiger partial charge in [-0.05, 0) is 36.2 Å². The maximum Gasteiger partial charge on any atom is 0.340 e. The molecule has 0 bridgehead atoms. The highest BCUT2D eigenvalue weighted by atomic mass is 16.6. The number of fused-ring (bicyclic) bond motifs is 1. The molecule has 6 heteroatoms. The Labute approximate surface area is 215 Å². The van der Waals surface area contributed by atoms with Crippen LogP contribution in [0.25, 0.3) is 0 Å². The van der Waals surface area contributed by atoms with E-state index in [0.29, 0.717) is 23.8 Å². The molecule has 3 aromatic carbocycles. The van der Waals surface area contributed by atoms with Crippen molar-refractivity contribution in [2.45, 2.75) is 19.4 Å². The van der Waals surface area contributed by atoms with Crippen LogP contribution in [0, 0.1) is 5.92 Å². The van der Waals surface area contributed by atoms with Crippen LogP contribution < -0.4 is 19.4 Å². The van der Waals surface area contributed by atoms with Crippen LogP contribution in [-0.4, -0.2) is 54.9 Å². The van der Waals surface area contributed by atoms with Gasteiger partial charge in [-0.2, -0.15) is 0 Å². The van der Waals surface area contributed by atoms with Crippen LogP contribution in [-0.2, 0) is 10.3 Å². The highest BCUT2D eigenvalue weighted by Gasteiger charge is 2.51. The van der Waals surface area contributed by atoms with Crippen LogP contribution in [0.2, 0.25) is 0 Å². The van der Waals surface area contributed by atoms with Crippen LogP contribution in [0.3, 0.4) is 0 Å². The van der Waals surface area contributed by atoms with Gasteiger partial charge < -0.3 is 24.2 Å². The molecule has 0 spiro atoms. The number of hydrogen-bond acceptors (Lipinski definition) is 6. The number of hydrogen-bond donors (Lipinski definition) is 0. The Morgan fingerprint density at radius 1 is 0.778 bits per heavy atom. The fourth-order valence-corrected chi connectivity index (χ4v) is 4.68. The van der Waals surface area contributed by atoms with Gasteiger partial charge in [0.2, 0.25) is 0 Å². The Morgan fingerprint density at radius 2 is 1.39 bits per heavy atom. The number of esters is 1. The largest absolute Gasteiger partial charge is 0.493 e. The number of carbonyl (C=O) groups is 1. The Kier molecular flexibility index (Phi) is 6.90. The van der Waals surface area contributed by atoms with E-state index in [1.807, 2.05) is 83.6 Å². The van der Waals surface area contributed by atoms with Gasteiger partial charge in [0.25, 0.3) is 0 Å². The van der Waals surface area contributed by atoms with Gasteiger partial charge in [-0.15, -0.1) is 0 Å². The first-order valence-electron chi connectivity index (χ1n) is 12.3. The maximum absolute atomic E-state index is 13.3. The van der Waals surface area contributed by atoms with Gasteiger partial charge in [0.1, 0.15) is 5.75 Å². The lowest BCUT2D eigenvalue weighted by atomic mass is 9.78. The molecule has 0 radical (unpaired) electrons.